The quantitative estimate of drug-likeness (QED) is 0.173. The van der Waals surface area contributed by atoms with Gasteiger partial charge >= 0.3 is 6.18 Å². The van der Waals surface area contributed by atoms with Crippen LogP contribution in [0.25, 0.3) is 22.6 Å². The van der Waals surface area contributed by atoms with Crippen molar-refractivity contribution in [2.24, 2.45) is 5.92 Å². The standard InChI is InChI=1S/C30H38F3N3O3Si/c1-21(37)16-22-6-5-7-26(17-22)39-25-11-8-23(9-12-25)27-13-10-24(18-34-27)29-35-28(30(31,32)33)19-36(29)20-38-14-15-40(2,3)4/h8-13,18-19,22,26H,5-7,14-17,20H2,1-4H3/t22-,26+/m0/s1. The minimum atomic E-state index is -4.55. The summed E-state index contributed by atoms with van der Waals surface area (Å²) in [4.78, 5) is 19.9. The van der Waals surface area contributed by atoms with E-state index in [2.05, 4.69) is 29.6 Å². The monoisotopic (exact) mass is 573 g/mol. The molecule has 2 heterocycles. The van der Waals surface area contributed by atoms with Crippen LogP contribution in [0.4, 0.5) is 13.2 Å². The van der Waals surface area contributed by atoms with Crippen LogP contribution in [0.15, 0.2) is 48.8 Å². The molecule has 1 fully saturated rings. The van der Waals surface area contributed by atoms with Gasteiger partial charge in [0.15, 0.2) is 5.69 Å². The van der Waals surface area contributed by atoms with Crippen LogP contribution in [0.3, 0.4) is 0 Å². The third-order valence-electron chi connectivity index (χ3n) is 7.08. The number of carbonyl (C=O) groups is 1. The lowest BCUT2D eigenvalue weighted by molar-refractivity contribution is -0.141. The number of pyridine rings is 1. The molecule has 0 N–H and O–H groups in total. The molecule has 0 aliphatic heterocycles. The molecular weight excluding hydrogens is 535 g/mol. The van der Waals surface area contributed by atoms with Gasteiger partial charge in [-0.15, -0.1) is 0 Å². The van der Waals surface area contributed by atoms with Gasteiger partial charge in [0.2, 0.25) is 0 Å². The van der Waals surface area contributed by atoms with Crippen molar-refractivity contribution >= 4 is 13.9 Å². The van der Waals surface area contributed by atoms with E-state index in [1.807, 2.05) is 24.3 Å². The largest absolute Gasteiger partial charge is 0.490 e. The zero-order valence-electron chi connectivity index (χ0n) is 23.6. The van der Waals surface area contributed by atoms with Crippen molar-refractivity contribution in [2.45, 2.75) is 83.7 Å². The lowest BCUT2D eigenvalue weighted by Crippen LogP contribution is -2.26. The van der Waals surface area contributed by atoms with Crippen LogP contribution in [-0.2, 0) is 22.4 Å². The third kappa shape index (κ3) is 8.51. The van der Waals surface area contributed by atoms with Crippen molar-refractivity contribution in [3.8, 4) is 28.4 Å². The van der Waals surface area contributed by atoms with E-state index in [1.54, 1.807) is 19.1 Å². The Balaban J connectivity index is 1.43. The average Bonchev–Trinajstić information content (AvgIpc) is 3.31. The molecule has 1 aromatic carbocycles. The van der Waals surface area contributed by atoms with Crippen LogP contribution >= 0.6 is 0 Å². The molecule has 1 saturated carbocycles. The van der Waals surface area contributed by atoms with Gasteiger partial charge in [0.05, 0.1) is 11.8 Å². The Morgan fingerprint density at radius 2 is 1.80 bits per heavy atom. The van der Waals surface area contributed by atoms with Crippen molar-refractivity contribution < 1.29 is 27.4 Å². The Morgan fingerprint density at radius 1 is 1.07 bits per heavy atom. The number of hydrogen-bond acceptors (Lipinski definition) is 5. The zero-order chi connectivity index (χ0) is 28.9. The molecule has 2 aromatic heterocycles. The van der Waals surface area contributed by atoms with Gasteiger partial charge in [-0.05, 0) is 81.0 Å². The van der Waals surface area contributed by atoms with Crippen molar-refractivity contribution in [3.05, 3.63) is 54.5 Å². The first-order valence-electron chi connectivity index (χ1n) is 13.8. The molecule has 0 amide bonds. The van der Waals surface area contributed by atoms with E-state index in [-0.39, 0.29) is 24.4 Å². The maximum Gasteiger partial charge on any atom is 0.434 e. The zero-order valence-corrected chi connectivity index (χ0v) is 24.6. The first-order valence-corrected chi connectivity index (χ1v) is 17.5. The van der Waals surface area contributed by atoms with Crippen LogP contribution < -0.4 is 4.74 Å². The topological polar surface area (TPSA) is 66.2 Å². The second-order valence-corrected chi connectivity index (χ2v) is 17.5. The maximum atomic E-state index is 13.4. The second kappa shape index (κ2) is 12.7. The van der Waals surface area contributed by atoms with Gasteiger partial charge < -0.3 is 18.8 Å². The number of ether oxygens (including phenoxy) is 2. The van der Waals surface area contributed by atoms with Crippen LogP contribution in [0.5, 0.6) is 5.75 Å². The normalized spacial score (nSPS) is 18.1. The number of ketones is 1. The minimum absolute atomic E-state index is 0.0113. The van der Waals surface area contributed by atoms with Crippen molar-refractivity contribution in [1.29, 1.82) is 0 Å². The fraction of sp³-hybridized carbons (Fsp3) is 0.500. The second-order valence-electron chi connectivity index (χ2n) is 11.9. The summed E-state index contributed by atoms with van der Waals surface area (Å²) < 4.78 is 53.6. The van der Waals surface area contributed by atoms with Crippen molar-refractivity contribution in [2.75, 3.05) is 6.61 Å². The Labute approximate surface area is 235 Å². The molecule has 6 nitrogen and oxygen atoms in total. The number of alkyl halides is 3. The lowest BCUT2D eigenvalue weighted by atomic mass is 9.84. The summed E-state index contributed by atoms with van der Waals surface area (Å²) in [6, 6.07) is 12.1. The first-order chi connectivity index (χ1) is 18.9. The molecule has 216 valence electrons. The van der Waals surface area contributed by atoms with Gasteiger partial charge in [-0.3, -0.25) is 4.98 Å². The van der Waals surface area contributed by atoms with Crippen LogP contribution in [0, 0.1) is 5.92 Å². The van der Waals surface area contributed by atoms with E-state index in [0.717, 1.165) is 49.2 Å². The Kier molecular flexibility index (Phi) is 9.51. The van der Waals surface area contributed by atoms with Gasteiger partial charge in [-0.2, -0.15) is 13.2 Å². The van der Waals surface area contributed by atoms with Gasteiger partial charge in [0.1, 0.15) is 24.1 Å². The number of aromatic nitrogens is 3. The van der Waals surface area contributed by atoms with E-state index >= 15 is 0 Å². The van der Waals surface area contributed by atoms with Crippen LogP contribution in [-0.4, -0.2) is 41.1 Å². The predicted molar refractivity (Wildman–Crippen MR) is 152 cm³/mol. The number of halogens is 3. The summed E-state index contributed by atoms with van der Waals surface area (Å²) in [7, 11) is -1.32. The van der Waals surface area contributed by atoms with Gasteiger partial charge in [0, 0.05) is 44.6 Å². The van der Waals surface area contributed by atoms with E-state index in [4.69, 9.17) is 9.47 Å². The Bertz CT molecular complexity index is 1270. The molecule has 0 spiro atoms. The molecule has 4 rings (SSSR count). The van der Waals surface area contributed by atoms with Crippen LogP contribution in [0.1, 0.15) is 44.7 Å². The van der Waals surface area contributed by atoms with Crippen molar-refractivity contribution in [1.82, 2.24) is 14.5 Å². The molecular formula is C30H38F3N3O3Si. The summed E-state index contributed by atoms with van der Waals surface area (Å²) in [5, 5.41) is 0. The summed E-state index contributed by atoms with van der Waals surface area (Å²) in [6.45, 7) is 8.78. The predicted octanol–water partition coefficient (Wildman–Crippen LogP) is 7.86. The molecule has 1 aliphatic rings. The third-order valence-corrected chi connectivity index (χ3v) is 8.78. The van der Waals surface area contributed by atoms with Crippen LogP contribution in [0.2, 0.25) is 25.7 Å². The van der Waals surface area contributed by atoms with Gasteiger partial charge in [0.25, 0.3) is 0 Å². The first kappa shape index (κ1) is 30.0. The molecule has 1 aliphatic carbocycles. The average molecular weight is 574 g/mol. The maximum absolute atomic E-state index is 13.4. The minimum Gasteiger partial charge on any atom is -0.490 e. The van der Waals surface area contributed by atoms with E-state index in [9.17, 15) is 18.0 Å². The highest BCUT2D eigenvalue weighted by Gasteiger charge is 2.35. The number of benzene rings is 1. The molecule has 10 heteroatoms. The highest BCUT2D eigenvalue weighted by atomic mass is 28.3. The van der Waals surface area contributed by atoms with Crippen molar-refractivity contribution in [3.63, 3.8) is 0 Å². The molecule has 2 atom stereocenters. The van der Waals surface area contributed by atoms with E-state index in [0.29, 0.717) is 30.2 Å². The smallest absolute Gasteiger partial charge is 0.434 e. The molecule has 3 aromatic rings. The number of imidazole rings is 1. The number of hydrogen-bond donors (Lipinski definition) is 0. The summed E-state index contributed by atoms with van der Waals surface area (Å²) >= 11 is 0. The van der Waals surface area contributed by atoms with Gasteiger partial charge in [-0.1, -0.05) is 19.6 Å². The van der Waals surface area contributed by atoms with Gasteiger partial charge in [-0.25, -0.2) is 4.98 Å². The summed E-state index contributed by atoms with van der Waals surface area (Å²) in [5.74, 6) is 1.55. The fourth-order valence-corrected chi connectivity index (χ4v) is 5.71. The molecule has 40 heavy (non-hydrogen) atoms. The Hall–Kier alpha value is -2.98. The van der Waals surface area contributed by atoms with E-state index < -0.39 is 19.9 Å². The Morgan fingerprint density at radius 3 is 2.42 bits per heavy atom. The number of nitrogens with zero attached hydrogens (tertiary/aromatic N) is 3. The summed E-state index contributed by atoms with van der Waals surface area (Å²) in [5.41, 5.74) is 1.08. The number of Topliss-reactive ketones (excluding diaryl/α,β-unsaturated/α-hetero) is 1. The lowest BCUT2D eigenvalue weighted by Gasteiger charge is -2.29. The highest BCUT2D eigenvalue weighted by molar-refractivity contribution is 6.76. The fourth-order valence-electron chi connectivity index (χ4n) is 4.96. The molecule has 0 radical (unpaired) electrons. The molecule has 0 saturated heterocycles. The number of rotatable bonds is 11. The number of carbonyl (C=O) groups excluding carboxylic acids is 1. The summed E-state index contributed by atoms with van der Waals surface area (Å²) in [6.07, 6.45) is 2.70. The molecule has 0 bridgehead atoms. The molecule has 0 unspecified atom stereocenters. The van der Waals surface area contributed by atoms with E-state index in [1.165, 1.54) is 10.8 Å². The highest BCUT2D eigenvalue weighted by Crippen LogP contribution is 2.33. The SMILES string of the molecule is CC(=O)C[C@@H]1CCC[C@@H](Oc2ccc(-c3ccc(-c4nc(C(F)(F)F)cn4COCC[Si](C)(C)C)cn3)cc2)C1.